The molecule has 3 heteroatoms. The molecule has 0 bridgehead atoms. The second kappa shape index (κ2) is 4.90. The molecule has 68 valence electrons. The fourth-order valence-corrected chi connectivity index (χ4v) is 2.75. The first-order valence-electron chi connectivity index (χ1n) is 4.20. The summed E-state index contributed by atoms with van der Waals surface area (Å²) in [6.45, 7) is 6.60. The molecule has 0 heterocycles. The summed E-state index contributed by atoms with van der Waals surface area (Å²) in [5, 5.41) is 0. The number of hydrogen-bond acceptors (Lipinski definition) is 2. The van der Waals surface area contributed by atoms with Gasteiger partial charge in [-0.05, 0) is 12.3 Å². The molecular formula is C8H20O2Si. The third-order valence-electron chi connectivity index (χ3n) is 2.00. The molecule has 0 aliphatic heterocycles. The van der Waals surface area contributed by atoms with Crippen molar-refractivity contribution in [3.63, 3.8) is 0 Å². The molecule has 0 N–H and O–H groups in total. The molecular weight excluding hydrogens is 156 g/mol. The zero-order valence-corrected chi connectivity index (χ0v) is 9.72. The summed E-state index contributed by atoms with van der Waals surface area (Å²) in [6.07, 6.45) is 1.02. The van der Waals surface area contributed by atoms with Gasteiger partial charge in [0.15, 0.2) is 0 Å². The lowest BCUT2D eigenvalue weighted by molar-refractivity contribution is -0.154. The first kappa shape index (κ1) is 11.1. The fraction of sp³-hybridized carbons (Fsp3) is 1.00. The molecule has 0 aromatic rings. The maximum atomic E-state index is 5.39. The smallest absolute Gasteiger partial charge is 0.144 e. The molecule has 0 saturated carbocycles. The van der Waals surface area contributed by atoms with Crippen molar-refractivity contribution in [2.45, 2.75) is 32.2 Å². The average molecular weight is 176 g/mol. The molecule has 0 unspecified atom stereocenters. The highest BCUT2D eigenvalue weighted by Gasteiger charge is 2.27. The van der Waals surface area contributed by atoms with Crippen molar-refractivity contribution in [3.05, 3.63) is 0 Å². The van der Waals surface area contributed by atoms with Gasteiger partial charge in [-0.25, -0.2) is 0 Å². The van der Waals surface area contributed by atoms with Crippen molar-refractivity contribution in [3.8, 4) is 0 Å². The first-order valence-corrected chi connectivity index (χ1v) is 6.32. The molecule has 0 spiro atoms. The monoisotopic (exact) mass is 176 g/mol. The maximum Gasteiger partial charge on any atom is 0.144 e. The highest BCUT2D eigenvalue weighted by atomic mass is 28.2. The Morgan fingerprint density at radius 3 is 1.82 bits per heavy atom. The van der Waals surface area contributed by atoms with E-state index in [1.807, 2.05) is 0 Å². The number of rotatable bonds is 5. The van der Waals surface area contributed by atoms with Gasteiger partial charge < -0.3 is 9.47 Å². The number of methoxy groups -OCH3 is 2. The predicted molar refractivity (Wildman–Crippen MR) is 50.6 cm³/mol. The largest absolute Gasteiger partial charge is 0.358 e. The summed E-state index contributed by atoms with van der Waals surface area (Å²) in [6, 6.07) is 0. The van der Waals surface area contributed by atoms with E-state index in [1.165, 1.54) is 0 Å². The molecule has 0 saturated heterocycles. The SMILES string of the molecule is COC(CC(C)C)(OC)[SiH2]C. The summed E-state index contributed by atoms with van der Waals surface area (Å²) in [5.41, 5.74) is -0.214. The highest BCUT2D eigenvalue weighted by molar-refractivity contribution is 6.37. The van der Waals surface area contributed by atoms with Crippen molar-refractivity contribution in [2.75, 3.05) is 14.2 Å². The summed E-state index contributed by atoms with van der Waals surface area (Å²) in [4.78, 5) is 0. The molecule has 0 aromatic carbocycles. The van der Waals surface area contributed by atoms with E-state index in [9.17, 15) is 0 Å². The molecule has 0 atom stereocenters. The van der Waals surface area contributed by atoms with Gasteiger partial charge >= 0.3 is 0 Å². The molecule has 2 nitrogen and oxygen atoms in total. The number of hydrogen-bond donors (Lipinski definition) is 0. The Hall–Kier alpha value is 0.137. The van der Waals surface area contributed by atoms with Crippen LogP contribution in [0.4, 0.5) is 0 Å². The van der Waals surface area contributed by atoms with Crippen LogP contribution in [-0.4, -0.2) is 29.1 Å². The van der Waals surface area contributed by atoms with E-state index in [2.05, 4.69) is 20.4 Å². The lowest BCUT2D eigenvalue weighted by atomic mass is 10.1. The van der Waals surface area contributed by atoms with Gasteiger partial charge in [-0.15, -0.1) is 0 Å². The van der Waals surface area contributed by atoms with Crippen LogP contribution in [0.3, 0.4) is 0 Å². The standard InChI is InChI=1S/C8H20O2Si/c1-7(2)6-8(9-3,10-4)11-5/h7H,6,11H2,1-5H3. The summed E-state index contributed by atoms with van der Waals surface area (Å²) in [7, 11) is 3.21. The Labute approximate surface area is 72.1 Å². The van der Waals surface area contributed by atoms with Crippen molar-refractivity contribution >= 4 is 9.52 Å². The Bertz CT molecular complexity index is 92.0. The van der Waals surface area contributed by atoms with E-state index in [0.29, 0.717) is 5.92 Å². The van der Waals surface area contributed by atoms with Crippen LogP contribution in [-0.2, 0) is 9.47 Å². The minimum Gasteiger partial charge on any atom is -0.358 e. The molecule has 0 aliphatic rings. The van der Waals surface area contributed by atoms with Crippen molar-refractivity contribution in [1.82, 2.24) is 0 Å². The van der Waals surface area contributed by atoms with Crippen LogP contribution in [0.25, 0.3) is 0 Å². The van der Waals surface area contributed by atoms with Crippen LogP contribution in [0.15, 0.2) is 0 Å². The van der Waals surface area contributed by atoms with Crippen LogP contribution in [0.5, 0.6) is 0 Å². The number of ether oxygens (including phenoxy) is 2. The predicted octanol–water partition coefficient (Wildman–Crippen LogP) is 1.20. The first-order chi connectivity index (χ1) is 5.10. The van der Waals surface area contributed by atoms with Gasteiger partial charge in [0.1, 0.15) is 5.41 Å². The summed E-state index contributed by atoms with van der Waals surface area (Å²) >= 11 is 0. The Balaban J connectivity index is 4.05. The van der Waals surface area contributed by atoms with Gasteiger partial charge in [0.2, 0.25) is 0 Å². The molecule has 0 fully saturated rings. The van der Waals surface area contributed by atoms with Gasteiger partial charge in [0.05, 0.1) is 9.52 Å². The molecule has 0 amide bonds. The van der Waals surface area contributed by atoms with Crippen molar-refractivity contribution in [2.24, 2.45) is 5.92 Å². The van der Waals surface area contributed by atoms with Gasteiger partial charge in [-0.3, -0.25) is 0 Å². The Morgan fingerprint density at radius 1 is 1.27 bits per heavy atom. The van der Waals surface area contributed by atoms with E-state index in [-0.39, 0.29) is 14.9 Å². The molecule has 0 aliphatic carbocycles. The minimum atomic E-state index is -0.266. The van der Waals surface area contributed by atoms with Gasteiger partial charge in [-0.1, -0.05) is 20.4 Å². The molecule has 11 heavy (non-hydrogen) atoms. The van der Waals surface area contributed by atoms with E-state index < -0.39 is 0 Å². The van der Waals surface area contributed by atoms with Gasteiger partial charge in [0.25, 0.3) is 0 Å². The van der Waals surface area contributed by atoms with Crippen LogP contribution >= 0.6 is 0 Å². The van der Waals surface area contributed by atoms with Crippen LogP contribution < -0.4 is 0 Å². The average Bonchev–Trinajstić information content (AvgIpc) is 2.00. The maximum absolute atomic E-state index is 5.39. The molecule has 0 aromatic heterocycles. The summed E-state index contributed by atoms with van der Waals surface area (Å²) < 4.78 is 10.8. The molecule has 0 radical (unpaired) electrons. The van der Waals surface area contributed by atoms with E-state index >= 15 is 0 Å². The minimum absolute atomic E-state index is 0.214. The van der Waals surface area contributed by atoms with Gasteiger partial charge in [-0.2, -0.15) is 0 Å². The van der Waals surface area contributed by atoms with E-state index in [1.54, 1.807) is 14.2 Å². The second-order valence-electron chi connectivity index (χ2n) is 3.27. The zero-order valence-electron chi connectivity index (χ0n) is 8.31. The molecule has 0 rings (SSSR count). The van der Waals surface area contributed by atoms with Crippen molar-refractivity contribution < 1.29 is 9.47 Å². The Morgan fingerprint density at radius 2 is 1.73 bits per heavy atom. The lowest BCUT2D eigenvalue weighted by Gasteiger charge is -2.31. The Kier molecular flexibility index (Phi) is 4.96. The second-order valence-corrected chi connectivity index (χ2v) is 5.05. The van der Waals surface area contributed by atoms with Crippen LogP contribution in [0.2, 0.25) is 6.55 Å². The highest BCUT2D eigenvalue weighted by Crippen LogP contribution is 2.19. The third kappa shape index (κ3) is 3.36. The van der Waals surface area contributed by atoms with Gasteiger partial charge in [0, 0.05) is 14.2 Å². The van der Waals surface area contributed by atoms with Crippen LogP contribution in [0, 0.1) is 5.92 Å². The van der Waals surface area contributed by atoms with E-state index in [0.717, 1.165) is 6.42 Å². The normalized spacial score (nSPS) is 13.6. The van der Waals surface area contributed by atoms with Crippen molar-refractivity contribution in [1.29, 1.82) is 0 Å². The van der Waals surface area contributed by atoms with E-state index in [4.69, 9.17) is 9.47 Å². The lowest BCUT2D eigenvalue weighted by Crippen LogP contribution is -2.40. The third-order valence-corrected chi connectivity index (χ3v) is 3.95. The fourth-order valence-electron chi connectivity index (χ4n) is 1.31. The zero-order chi connectivity index (χ0) is 8.91. The quantitative estimate of drug-likeness (QED) is 0.463. The topological polar surface area (TPSA) is 18.5 Å². The summed E-state index contributed by atoms with van der Waals surface area (Å²) in [5.74, 6) is 0.641. The van der Waals surface area contributed by atoms with Crippen LogP contribution in [0.1, 0.15) is 20.3 Å².